The van der Waals surface area contributed by atoms with Gasteiger partial charge >= 0.3 is 0 Å². The Hall–Kier alpha value is -1.32. The van der Waals surface area contributed by atoms with Crippen LogP contribution in [0.25, 0.3) is 0 Å². The molecule has 0 unspecified atom stereocenters. The largest absolute Gasteiger partial charge is 0.373 e. The van der Waals surface area contributed by atoms with Crippen molar-refractivity contribution in [1.29, 1.82) is 0 Å². The van der Waals surface area contributed by atoms with Gasteiger partial charge in [0.25, 0.3) is 0 Å². The quantitative estimate of drug-likeness (QED) is 0.850. The summed E-state index contributed by atoms with van der Waals surface area (Å²) in [6.45, 7) is 7.37. The molecular weight excluding hydrogens is 212 g/mol. The molecule has 94 valence electrons. The lowest BCUT2D eigenvalue weighted by Crippen LogP contribution is -2.29. The van der Waals surface area contributed by atoms with Crippen LogP contribution in [0.3, 0.4) is 0 Å². The number of anilines is 2. The van der Waals surface area contributed by atoms with Gasteiger partial charge in [0.2, 0.25) is 0 Å². The lowest BCUT2D eigenvalue weighted by molar-refractivity contribution is 0.742. The van der Waals surface area contributed by atoms with Crippen LogP contribution in [0, 0.1) is 13.8 Å². The van der Waals surface area contributed by atoms with Crippen molar-refractivity contribution in [2.75, 3.05) is 23.8 Å². The average molecular weight is 234 g/mol. The summed E-state index contributed by atoms with van der Waals surface area (Å²) in [4.78, 5) is 11.5. The minimum Gasteiger partial charge on any atom is -0.373 e. The molecule has 4 heteroatoms. The normalized spacial score (nSPS) is 14.8. The van der Waals surface area contributed by atoms with Crippen molar-refractivity contribution in [3.05, 3.63) is 11.4 Å². The Morgan fingerprint density at radius 3 is 2.53 bits per heavy atom. The molecule has 4 nitrogen and oxygen atoms in total. The van der Waals surface area contributed by atoms with Crippen LogP contribution in [0.4, 0.5) is 11.6 Å². The number of nitrogens with one attached hydrogen (secondary N) is 1. The maximum Gasteiger partial charge on any atom is 0.137 e. The summed E-state index contributed by atoms with van der Waals surface area (Å²) in [5.74, 6) is 2.91. The molecule has 0 bridgehead atoms. The van der Waals surface area contributed by atoms with Crippen LogP contribution in [-0.4, -0.2) is 29.6 Å². The van der Waals surface area contributed by atoms with Gasteiger partial charge in [-0.05, 0) is 33.1 Å². The molecule has 1 N–H and O–H groups in total. The van der Waals surface area contributed by atoms with Gasteiger partial charge < -0.3 is 10.2 Å². The molecular formula is C13H22N4. The Morgan fingerprint density at radius 1 is 1.29 bits per heavy atom. The highest BCUT2D eigenvalue weighted by Gasteiger charge is 2.30. The van der Waals surface area contributed by atoms with Gasteiger partial charge in [-0.2, -0.15) is 0 Å². The van der Waals surface area contributed by atoms with Crippen LogP contribution in [0.15, 0.2) is 0 Å². The molecule has 1 saturated carbocycles. The van der Waals surface area contributed by atoms with Crippen LogP contribution < -0.4 is 10.2 Å². The highest BCUT2D eigenvalue weighted by molar-refractivity contribution is 5.59. The van der Waals surface area contributed by atoms with Crippen molar-refractivity contribution in [2.24, 2.45) is 0 Å². The summed E-state index contributed by atoms with van der Waals surface area (Å²) in [5.41, 5.74) is 1.17. The number of nitrogens with zero attached hydrogens (tertiary/aromatic N) is 3. The van der Waals surface area contributed by atoms with Gasteiger partial charge in [-0.1, -0.05) is 6.92 Å². The Balaban J connectivity index is 2.37. The monoisotopic (exact) mass is 234 g/mol. The van der Waals surface area contributed by atoms with Gasteiger partial charge in [0.1, 0.15) is 17.5 Å². The summed E-state index contributed by atoms with van der Waals surface area (Å²) in [6, 6.07) is 0.702. The van der Waals surface area contributed by atoms with Gasteiger partial charge in [0, 0.05) is 25.2 Å². The predicted molar refractivity (Wildman–Crippen MR) is 71.7 cm³/mol. The molecule has 1 fully saturated rings. The Labute approximate surface area is 103 Å². The molecule has 0 saturated heterocycles. The van der Waals surface area contributed by atoms with E-state index in [-0.39, 0.29) is 0 Å². The van der Waals surface area contributed by atoms with Crippen molar-refractivity contribution >= 4 is 11.6 Å². The van der Waals surface area contributed by atoms with E-state index in [1.54, 1.807) is 0 Å². The summed E-state index contributed by atoms with van der Waals surface area (Å²) < 4.78 is 0. The van der Waals surface area contributed by atoms with Crippen LogP contribution >= 0.6 is 0 Å². The van der Waals surface area contributed by atoms with Crippen molar-refractivity contribution in [3.63, 3.8) is 0 Å². The Bertz CT molecular complexity index is 399. The fourth-order valence-electron chi connectivity index (χ4n) is 2.23. The zero-order valence-corrected chi connectivity index (χ0v) is 11.2. The highest BCUT2D eigenvalue weighted by atomic mass is 15.2. The Morgan fingerprint density at radius 2 is 2.00 bits per heavy atom. The third-order valence-electron chi connectivity index (χ3n) is 3.19. The van der Waals surface area contributed by atoms with Gasteiger partial charge in [0.15, 0.2) is 0 Å². The maximum absolute atomic E-state index is 4.64. The minimum atomic E-state index is 0.702. The number of aromatic nitrogens is 2. The second-order valence-corrected chi connectivity index (χ2v) is 4.74. The van der Waals surface area contributed by atoms with E-state index in [2.05, 4.69) is 34.0 Å². The predicted octanol–water partition coefficient (Wildman–Crippen LogP) is 2.51. The van der Waals surface area contributed by atoms with Crippen LogP contribution in [0.1, 0.15) is 37.6 Å². The van der Waals surface area contributed by atoms with E-state index in [0.717, 1.165) is 30.4 Å². The van der Waals surface area contributed by atoms with Gasteiger partial charge in [-0.15, -0.1) is 0 Å². The third-order valence-corrected chi connectivity index (χ3v) is 3.19. The van der Waals surface area contributed by atoms with Gasteiger partial charge in [0.05, 0.1) is 0 Å². The van der Waals surface area contributed by atoms with E-state index >= 15 is 0 Å². The summed E-state index contributed by atoms with van der Waals surface area (Å²) in [7, 11) is 1.92. The molecule has 1 aromatic heterocycles. The molecule has 0 radical (unpaired) electrons. The second-order valence-electron chi connectivity index (χ2n) is 4.74. The van der Waals surface area contributed by atoms with E-state index < -0.39 is 0 Å². The lowest BCUT2D eigenvalue weighted by atomic mass is 10.2. The average Bonchev–Trinajstić information content (AvgIpc) is 3.13. The first-order valence-electron chi connectivity index (χ1n) is 6.47. The van der Waals surface area contributed by atoms with Crippen LogP contribution in [0.5, 0.6) is 0 Å². The molecule has 0 aromatic carbocycles. The molecule has 1 aliphatic rings. The van der Waals surface area contributed by atoms with Crippen molar-refractivity contribution in [3.8, 4) is 0 Å². The fraction of sp³-hybridized carbons (Fsp3) is 0.692. The van der Waals surface area contributed by atoms with E-state index in [4.69, 9.17) is 0 Å². The minimum absolute atomic E-state index is 0.702. The standard InChI is InChI=1S/C13H22N4/c1-5-8-17(11-6-7-11)13-9(2)12(14-4)15-10(3)16-13/h11H,5-8H2,1-4H3,(H,14,15,16). The first kappa shape index (κ1) is 12.1. The van der Waals surface area contributed by atoms with Crippen LogP contribution in [0.2, 0.25) is 0 Å². The molecule has 17 heavy (non-hydrogen) atoms. The topological polar surface area (TPSA) is 41.1 Å². The Kier molecular flexibility index (Phi) is 3.50. The fourth-order valence-corrected chi connectivity index (χ4v) is 2.23. The van der Waals surface area contributed by atoms with Crippen LogP contribution in [-0.2, 0) is 0 Å². The molecule has 1 aliphatic carbocycles. The molecule has 0 atom stereocenters. The van der Waals surface area contributed by atoms with Gasteiger partial charge in [-0.25, -0.2) is 9.97 Å². The van der Waals surface area contributed by atoms with E-state index in [0.29, 0.717) is 6.04 Å². The van der Waals surface area contributed by atoms with Crippen molar-refractivity contribution < 1.29 is 0 Å². The molecule has 1 heterocycles. The molecule has 1 aromatic rings. The zero-order valence-electron chi connectivity index (χ0n) is 11.2. The van der Waals surface area contributed by atoms with E-state index in [1.807, 2.05) is 14.0 Å². The summed E-state index contributed by atoms with van der Waals surface area (Å²) >= 11 is 0. The number of hydrogen-bond acceptors (Lipinski definition) is 4. The van der Waals surface area contributed by atoms with E-state index in [1.165, 1.54) is 18.4 Å². The van der Waals surface area contributed by atoms with E-state index in [9.17, 15) is 0 Å². The lowest BCUT2D eigenvalue weighted by Gasteiger charge is -2.25. The third kappa shape index (κ3) is 2.51. The first-order valence-corrected chi connectivity index (χ1v) is 6.47. The summed E-state index contributed by atoms with van der Waals surface area (Å²) in [6.07, 6.45) is 3.77. The molecule has 2 rings (SSSR count). The smallest absolute Gasteiger partial charge is 0.137 e. The van der Waals surface area contributed by atoms with Crippen molar-refractivity contribution in [1.82, 2.24) is 9.97 Å². The van der Waals surface area contributed by atoms with Gasteiger partial charge in [-0.3, -0.25) is 0 Å². The SMILES string of the molecule is CCCN(c1nc(C)nc(NC)c1C)C1CC1. The van der Waals surface area contributed by atoms with Crippen molar-refractivity contribution in [2.45, 2.75) is 46.1 Å². The first-order chi connectivity index (χ1) is 8.17. The number of rotatable bonds is 5. The number of aryl methyl sites for hydroxylation is 1. The summed E-state index contributed by atoms with van der Waals surface area (Å²) in [5, 5.41) is 3.16. The zero-order chi connectivity index (χ0) is 12.4. The second kappa shape index (κ2) is 4.90. The molecule has 0 aliphatic heterocycles. The molecule has 0 spiro atoms. The molecule has 0 amide bonds. The highest BCUT2D eigenvalue weighted by Crippen LogP contribution is 2.33. The number of hydrogen-bond donors (Lipinski definition) is 1. The maximum atomic E-state index is 4.64.